The molecule has 1 N–H and O–H groups in total. The van der Waals surface area contributed by atoms with Crippen LogP contribution < -0.4 is 5.32 Å². The van der Waals surface area contributed by atoms with Crippen LogP contribution in [0.15, 0.2) is 36.0 Å². The van der Waals surface area contributed by atoms with Gasteiger partial charge in [-0.15, -0.1) is 0 Å². The van der Waals surface area contributed by atoms with Crippen molar-refractivity contribution in [3.05, 3.63) is 58.9 Å². The number of imidazole rings is 1. The first-order valence-electron chi connectivity index (χ1n) is 12.3. The van der Waals surface area contributed by atoms with Crippen LogP contribution >= 0.6 is 0 Å². The lowest BCUT2D eigenvalue weighted by molar-refractivity contribution is -0.0241. The third-order valence-electron chi connectivity index (χ3n) is 6.95. The Morgan fingerprint density at radius 3 is 2.78 bits per heavy atom. The zero-order valence-electron chi connectivity index (χ0n) is 20.7. The minimum atomic E-state index is -0.742. The molecule has 2 atom stereocenters. The van der Waals surface area contributed by atoms with Crippen LogP contribution in [0.1, 0.15) is 30.5 Å². The highest BCUT2D eigenvalue weighted by molar-refractivity contribution is 5.71. The van der Waals surface area contributed by atoms with Crippen LogP contribution in [0.3, 0.4) is 0 Å². The molecule has 0 radical (unpaired) electrons. The number of aryl methyl sites for hydroxylation is 1. The normalized spacial score (nSPS) is 19.8. The van der Waals surface area contributed by atoms with Gasteiger partial charge in [-0.3, -0.25) is 0 Å². The molecule has 1 unspecified atom stereocenters. The maximum atomic E-state index is 15.5. The second-order valence-corrected chi connectivity index (χ2v) is 9.56. The van der Waals surface area contributed by atoms with Crippen molar-refractivity contribution in [3.63, 3.8) is 0 Å². The molecule has 1 saturated carbocycles. The number of morpholine rings is 1. The predicted molar refractivity (Wildman–Crippen MR) is 133 cm³/mol. The van der Waals surface area contributed by atoms with Crippen LogP contribution in [0.5, 0.6) is 0 Å². The van der Waals surface area contributed by atoms with Crippen molar-refractivity contribution in [1.82, 2.24) is 14.3 Å². The molecule has 1 aromatic carbocycles. The van der Waals surface area contributed by atoms with Gasteiger partial charge in [0.05, 0.1) is 43.3 Å². The van der Waals surface area contributed by atoms with Gasteiger partial charge < -0.3 is 24.1 Å². The number of pyridine rings is 1. The second kappa shape index (κ2) is 10.3. The van der Waals surface area contributed by atoms with Gasteiger partial charge in [-0.1, -0.05) is 0 Å². The summed E-state index contributed by atoms with van der Waals surface area (Å²) in [6.45, 7) is 2.95. The number of hydrogen-bond acceptors (Lipinski definition) is 6. The second-order valence-electron chi connectivity index (χ2n) is 9.56. The lowest BCUT2D eigenvalue weighted by Crippen LogP contribution is -2.46. The number of carbonyl (C=O) groups is 1. The minimum Gasteiger partial charge on any atom is -0.453 e. The Kier molecular flexibility index (Phi) is 6.95. The molecule has 2 aromatic heterocycles. The van der Waals surface area contributed by atoms with Gasteiger partial charge in [-0.2, -0.15) is 0 Å². The summed E-state index contributed by atoms with van der Waals surface area (Å²) in [6.07, 6.45) is 3.10. The van der Waals surface area contributed by atoms with Gasteiger partial charge in [0.2, 0.25) is 0 Å². The summed E-state index contributed by atoms with van der Waals surface area (Å²) in [5.74, 6) is 0.447. The third-order valence-corrected chi connectivity index (χ3v) is 6.95. The van der Waals surface area contributed by atoms with E-state index in [4.69, 9.17) is 9.47 Å². The van der Waals surface area contributed by atoms with Crippen LogP contribution in [-0.4, -0.2) is 65.3 Å². The highest BCUT2D eigenvalue weighted by Gasteiger charge is 2.29. The van der Waals surface area contributed by atoms with E-state index < -0.39 is 23.8 Å². The summed E-state index contributed by atoms with van der Waals surface area (Å²) < 4.78 is 43.5. The van der Waals surface area contributed by atoms with Crippen LogP contribution in [0.4, 0.5) is 19.3 Å². The number of nitrogens with zero attached hydrogens (tertiary/aromatic N) is 3. The summed E-state index contributed by atoms with van der Waals surface area (Å²) >= 11 is 0. The number of carbonyl (C=O) groups excluding carboxylic acids is 2. The molecular formula is C27H28F2N4O4. The Balaban J connectivity index is 1.49. The molecular weight excluding hydrogens is 482 g/mol. The van der Waals surface area contributed by atoms with E-state index in [1.807, 2.05) is 31.2 Å². The van der Waals surface area contributed by atoms with Crippen molar-refractivity contribution in [2.24, 2.45) is 0 Å². The highest BCUT2D eigenvalue weighted by Crippen LogP contribution is 2.34. The molecule has 5 rings (SSSR count). The van der Waals surface area contributed by atoms with Crippen molar-refractivity contribution in [2.45, 2.75) is 44.8 Å². The van der Waals surface area contributed by atoms with Crippen LogP contribution in [-0.2, 0) is 20.7 Å². The average molecular weight is 511 g/mol. The standard InChI is InChI=1S/C27H28F2N4O4/c1-16-5-6-33-23(13-20-14-32(7-8-37-20)27(35)36-2)26(31-24(33)9-16)25-21(28)11-19(12-22(25)29)30-18-4-3-17(10-18)15-34/h5-6,9,11-12,18,20,30H,3-4,7-8,10,13-14H2,1-2H3/t18?,20-/m0/s1. The van der Waals surface area contributed by atoms with E-state index in [0.717, 1.165) is 5.56 Å². The number of hydrogen-bond donors (Lipinski definition) is 1. The first-order valence-corrected chi connectivity index (χ1v) is 12.3. The van der Waals surface area contributed by atoms with Crippen molar-refractivity contribution in [2.75, 3.05) is 32.1 Å². The summed E-state index contributed by atoms with van der Waals surface area (Å²) in [6, 6.07) is 6.19. The Hall–Kier alpha value is -3.75. The summed E-state index contributed by atoms with van der Waals surface area (Å²) in [4.78, 5) is 29.1. The minimum absolute atomic E-state index is 0.0731. The quantitative estimate of drug-likeness (QED) is 0.515. The van der Waals surface area contributed by atoms with E-state index in [1.54, 1.807) is 9.30 Å². The van der Waals surface area contributed by atoms with E-state index in [9.17, 15) is 9.59 Å². The number of fused-ring (bicyclic) bond motifs is 1. The van der Waals surface area contributed by atoms with E-state index in [2.05, 4.69) is 10.3 Å². The number of ether oxygens (including phenoxy) is 2. The number of halogens is 2. The number of amides is 1. The largest absolute Gasteiger partial charge is 0.453 e. The van der Waals surface area contributed by atoms with Crippen LogP contribution in [0.2, 0.25) is 0 Å². The molecule has 0 spiro atoms. The van der Waals surface area contributed by atoms with Gasteiger partial charge in [-0.05, 0) is 56.0 Å². The van der Waals surface area contributed by atoms with Gasteiger partial charge in [0, 0.05) is 36.5 Å². The lowest BCUT2D eigenvalue weighted by atomic mass is 10.0. The van der Waals surface area contributed by atoms with Crippen LogP contribution in [0.25, 0.3) is 16.9 Å². The molecule has 194 valence electrons. The van der Waals surface area contributed by atoms with Crippen molar-refractivity contribution in [3.8, 4) is 11.3 Å². The van der Waals surface area contributed by atoms with E-state index in [1.165, 1.54) is 19.2 Å². The number of rotatable bonds is 5. The number of nitrogens with one attached hydrogen (secondary N) is 1. The van der Waals surface area contributed by atoms with Gasteiger partial charge in [0.1, 0.15) is 23.2 Å². The van der Waals surface area contributed by atoms with E-state index in [0.29, 0.717) is 55.0 Å². The molecule has 1 aliphatic heterocycles. The Bertz CT molecular complexity index is 1380. The Labute approximate surface area is 212 Å². The lowest BCUT2D eigenvalue weighted by Gasteiger charge is -2.32. The molecule has 37 heavy (non-hydrogen) atoms. The molecule has 3 aromatic rings. The fraction of sp³-hybridized carbons (Fsp3) is 0.407. The van der Waals surface area contributed by atoms with E-state index >= 15 is 8.78 Å². The van der Waals surface area contributed by atoms with Crippen molar-refractivity contribution in [1.29, 1.82) is 0 Å². The fourth-order valence-corrected chi connectivity index (χ4v) is 5.13. The monoisotopic (exact) mass is 510 g/mol. The Morgan fingerprint density at radius 1 is 1.30 bits per heavy atom. The van der Waals surface area contributed by atoms with E-state index in [-0.39, 0.29) is 30.3 Å². The summed E-state index contributed by atoms with van der Waals surface area (Å²) in [5, 5.41) is 3.13. The first kappa shape index (κ1) is 24.9. The molecule has 10 heteroatoms. The number of methoxy groups -OCH3 is 1. The van der Waals surface area contributed by atoms with Gasteiger partial charge in [0.25, 0.3) is 0 Å². The zero-order valence-corrected chi connectivity index (χ0v) is 20.7. The smallest absolute Gasteiger partial charge is 0.409 e. The topological polar surface area (TPSA) is 85.2 Å². The first-order chi connectivity index (χ1) is 17.9. The SMILES string of the molecule is COC(=O)N1CCO[C@@H](Cc2c(-c3c(F)cc(NC4CCC(=C=O)C4)cc3F)nc3cc(C)ccn23)C1. The highest BCUT2D eigenvalue weighted by atomic mass is 19.1. The molecule has 2 fully saturated rings. The molecule has 8 nitrogen and oxygen atoms in total. The number of anilines is 1. The number of benzene rings is 1. The van der Waals surface area contributed by atoms with Gasteiger partial charge in [-0.25, -0.2) is 23.4 Å². The molecule has 1 aliphatic carbocycles. The third kappa shape index (κ3) is 5.08. The maximum absolute atomic E-state index is 15.5. The molecule has 1 saturated heterocycles. The van der Waals surface area contributed by atoms with Crippen LogP contribution in [0, 0.1) is 18.6 Å². The summed E-state index contributed by atoms with van der Waals surface area (Å²) in [5.41, 5.74) is 3.06. The summed E-state index contributed by atoms with van der Waals surface area (Å²) in [7, 11) is 1.33. The molecule has 3 heterocycles. The molecule has 2 aliphatic rings. The zero-order chi connectivity index (χ0) is 26.1. The van der Waals surface area contributed by atoms with Gasteiger partial charge >= 0.3 is 6.09 Å². The molecule has 1 amide bonds. The van der Waals surface area contributed by atoms with Gasteiger partial charge in [0.15, 0.2) is 0 Å². The van der Waals surface area contributed by atoms with Crippen molar-refractivity contribution >= 4 is 23.4 Å². The predicted octanol–water partition coefficient (Wildman–Crippen LogP) is 4.32. The maximum Gasteiger partial charge on any atom is 0.409 e. The number of aromatic nitrogens is 2. The van der Waals surface area contributed by atoms with Crippen molar-refractivity contribution < 1.29 is 27.8 Å². The molecule has 0 bridgehead atoms. The fourth-order valence-electron chi connectivity index (χ4n) is 5.13. The Morgan fingerprint density at radius 2 is 2.08 bits per heavy atom. The average Bonchev–Trinajstić information content (AvgIpc) is 3.47.